The zero-order chi connectivity index (χ0) is 9.97. The van der Waals surface area contributed by atoms with E-state index in [4.69, 9.17) is 4.42 Å². The van der Waals surface area contributed by atoms with E-state index >= 15 is 0 Å². The summed E-state index contributed by atoms with van der Waals surface area (Å²) in [6.45, 7) is 0. The van der Waals surface area contributed by atoms with Gasteiger partial charge in [0.2, 0.25) is 0 Å². The molecule has 0 aliphatic heterocycles. The molecule has 0 amide bonds. The van der Waals surface area contributed by atoms with Crippen LogP contribution in [0.3, 0.4) is 0 Å². The van der Waals surface area contributed by atoms with E-state index in [9.17, 15) is 4.79 Å². The van der Waals surface area contributed by atoms with Crippen LogP contribution in [0.2, 0.25) is 0 Å². The summed E-state index contributed by atoms with van der Waals surface area (Å²) < 4.78 is 6.44. The van der Waals surface area contributed by atoms with Crippen molar-refractivity contribution < 1.29 is 9.21 Å². The number of carbonyl (C=O) groups excluding carboxylic acids is 1. The van der Waals surface area contributed by atoms with Crippen LogP contribution in [0.5, 0.6) is 0 Å². The van der Waals surface area contributed by atoms with E-state index in [2.05, 4.69) is 15.9 Å². The van der Waals surface area contributed by atoms with Gasteiger partial charge in [0, 0.05) is 12.0 Å². The minimum atomic E-state index is 0.428. The third kappa shape index (κ3) is 1.92. The molecule has 0 atom stereocenters. The highest BCUT2D eigenvalue weighted by molar-refractivity contribution is 9.10. The number of halogens is 1. The van der Waals surface area contributed by atoms with Crippen LogP contribution in [-0.2, 0) is 0 Å². The molecule has 0 N–H and O–H groups in total. The number of hydrogen-bond donors (Lipinski definition) is 0. The van der Waals surface area contributed by atoms with Gasteiger partial charge >= 0.3 is 0 Å². The van der Waals surface area contributed by atoms with Crippen molar-refractivity contribution in [3.8, 4) is 0 Å². The van der Waals surface area contributed by atoms with Crippen LogP contribution < -0.4 is 0 Å². The van der Waals surface area contributed by atoms with Gasteiger partial charge in [0.05, 0.1) is 4.47 Å². The summed E-state index contributed by atoms with van der Waals surface area (Å²) in [5, 5.41) is 0. The molecule has 76 valence electrons. The Morgan fingerprint density at radius 1 is 1.36 bits per heavy atom. The van der Waals surface area contributed by atoms with E-state index in [1.54, 1.807) is 6.07 Å². The highest BCUT2D eigenvalue weighted by atomic mass is 79.9. The van der Waals surface area contributed by atoms with Crippen molar-refractivity contribution in [2.75, 3.05) is 0 Å². The zero-order valence-corrected chi connectivity index (χ0v) is 9.55. The van der Waals surface area contributed by atoms with Gasteiger partial charge in [-0.3, -0.25) is 4.79 Å². The largest absolute Gasteiger partial charge is 0.457 e. The molecule has 1 saturated carbocycles. The summed E-state index contributed by atoms with van der Waals surface area (Å²) >= 11 is 3.44. The van der Waals surface area contributed by atoms with E-state index in [0.717, 1.165) is 16.5 Å². The standard InChI is InChI=1S/C11H13BrO2/c12-10-6-9(7-13)14-11(10)8-4-2-1-3-5-8/h6-8H,1-5H2. The number of aldehydes is 1. The van der Waals surface area contributed by atoms with Crippen molar-refractivity contribution in [3.05, 3.63) is 22.1 Å². The van der Waals surface area contributed by atoms with Gasteiger partial charge in [-0.05, 0) is 28.8 Å². The fourth-order valence-electron chi connectivity index (χ4n) is 2.10. The van der Waals surface area contributed by atoms with Crippen LogP contribution in [0.4, 0.5) is 0 Å². The molecule has 0 bridgehead atoms. The van der Waals surface area contributed by atoms with Gasteiger partial charge in [-0.15, -0.1) is 0 Å². The van der Waals surface area contributed by atoms with Crippen molar-refractivity contribution in [2.24, 2.45) is 0 Å². The first-order valence-corrected chi connectivity index (χ1v) is 5.85. The molecule has 0 spiro atoms. The Morgan fingerprint density at radius 2 is 2.07 bits per heavy atom. The molecule has 0 radical (unpaired) electrons. The topological polar surface area (TPSA) is 30.2 Å². The molecule has 3 heteroatoms. The fraction of sp³-hybridized carbons (Fsp3) is 0.545. The predicted octanol–water partition coefficient (Wildman–Crippen LogP) is 3.90. The number of furan rings is 1. The Morgan fingerprint density at radius 3 is 2.64 bits per heavy atom. The van der Waals surface area contributed by atoms with Crippen molar-refractivity contribution in [3.63, 3.8) is 0 Å². The summed E-state index contributed by atoms with van der Waals surface area (Å²) in [7, 11) is 0. The Labute approximate surface area is 91.8 Å². The Balaban J connectivity index is 2.20. The van der Waals surface area contributed by atoms with Crippen LogP contribution in [0.15, 0.2) is 15.0 Å². The van der Waals surface area contributed by atoms with Crippen LogP contribution in [-0.4, -0.2) is 6.29 Å². The molecule has 1 heterocycles. The van der Waals surface area contributed by atoms with Gasteiger partial charge in [-0.2, -0.15) is 0 Å². The van der Waals surface area contributed by atoms with Gasteiger partial charge in [-0.1, -0.05) is 19.3 Å². The first-order chi connectivity index (χ1) is 6.81. The Bertz CT molecular complexity index is 324. The summed E-state index contributed by atoms with van der Waals surface area (Å²) in [4.78, 5) is 10.5. The summed E-state index contributed by atoms with van der Waals surface area (Å²) in [6, 6.07) is 1.76. The molecular weight excluding hydrogens is 244 g/mol. The Kier molecular flexibility index (Phi) is 3.06. The molecule has 1 fully saturated rings. The van der Waals surface area contributed by atoms with Gasteiger partial charge in [0.25, 0.3) is 0 Å². The van der Waals surface area contributed by atoms with Crippen molar-refractivity contribution in [1.29, 1.82) is 0 Å². The molecular formula is C11H13BrO2. The molecule has 2 nitrogen and oxygen atoms in total. The number of hydrogen-bond acceptors (Lipinski definition) is 2. The number of carbonyl (C=O) groups is 1. The molecule has 1 aromatic rings. The molecule has 1 aliphatic rings. The van der Waals surface area contributed by atoms with Gasteiger partial charge < -0.3 is 4.42 Å². The third-order valence-electron chi connectivity index (χ3n) is 2.82. The van der Waals surface area contributed by atoms with Crippen molar-refractivity contribution in [2.45, 2.75) is 38.0 Å². The zero-order valence-electron chi connectivity index (χ0n) is 7.96. The lowest BCUT2D eigenvalue weighted by Gasteiger charge is -2.19. The fourth-order valence-corrected chi connectivity index (χ4v) is 2.73. The average Bonchev–Trinajstić information content (AvgIpc) is 2.61. The molecule has 0 unspecified atom stereocenters. The third-order valence-corrected chi connectivity index (χ3v) is 3.44. The maximum Gasteiger partial charge on any atom is 0.185 e. The first kappa shape index (κ1) is 9.97. The maximum atomic E-state index is 10.5. The average molecular weight is 257 g/mol. The van der Waals surface area contributed by atoms with E-state index < -0.39 is 0 Å². The molecule has 1 aliphatic carbocycles. The second-order valence-corrected chi connectivity index (χ2v) is 4.67. The van der Waals surface area contributed by atoms with Crippen LogP contribution in [0.25, 0.3) is 0 Å². The summed E-state index contributed by atoms with van der Waals surface area (Å²) in [5.74, 6) is 1.90. The quantitative estimate of drug-likeness (QED) is 0.752. The van der Waals surface area contributed by atoms with Crippen LogP contribution in [0, 0.1) is 0 Å². The highest BCUT2D eigenvalue weighted by Crippen LogP contribution is 2.37. The number of rotatable bonds is 2. The van der Waals surface area contributed by atoms with E-state index in [0.29, 0.717) is 11.7 Å². The summed E-state index contributed by atoms with van der Waals surface area (Å²) in [5.41, 5.74) is 0. The minimum absolute atomic E-state index is 0.428. The minimum Gasteiger partial charge on any atom is -0.457 e. The monoisotopic (exact) mass is 256 g/mol. The lowest BCUT2D eigenvalue weighted by molar-refractivity contribution is 0.109. The maximum absolute atomic E-state index is 10.5. The lowest BCUT2D eigenvalue weighted by atomic mass is 9.88. The van der Waals surface area contributed by atoms with Crippen molar-refractivity contribution >= 4 is 22.2 Å². The highest BCUT2D eigenvalue weighted by Gasteiger charge is 2.21. The Hall–Kier alpha value is -0.570. The van der Waals surface area contributed by atoms with E-state index in [-0.39, 0.29) is 0 Å². The summed E-state index contributed by atoms with van der Waals surface area (Å²) in [6.07, 6.45) is 7.00. The molecule has 1 aromatic heterocycles. The lowest BCUT2D eigenvalue weighted by Crippen LogP contribution is -2.03. The van der Waals surface area contributed by atoms with Gasteiger partial charge in [0.15, 0.2) is 12.0 Å². The van der Waals surface area contributed by atoms with Gasteiger partial charge in [0.1, 0.15) is 5.76 Å². The predicted molar refractivity (Wildman–Crippen MR) is 57.6 cm³/mol. The van der Waals surface area contributed by atoms with Crippen molar-refractivity contribution in [1.82, 2.24) is 0 Å². The molecule has 0 saturated heterocycles. The smallest absolute Gasteiger partial charge is 0.185 e. The van der Waals surface area contributed by atoms with E-state index in [1.165, 1.54) is 32.1 Å². The van der Waals surface area contributed by atoms with E-state index in [1.807, 2.05) is 0 Å². The molecule has 2 rings (SSSR count). The van der Waals surface area contributed by atoms with Gasteiger partial charge in [-0.25, -0.2) is 0 Å². The van der Waals surface area contributed by atoms with Crippen LogP contribution in [0.1, 0.15) is 54.3 Å². The molecule has 0 aromatic carbocycles. The second kappa shape index (κ2) is 4.30. The first-order valence-electron chi connectivity index (χ1n) is 5.05. The normalized spacial score (nSPS) is 18.4. The van der Waals surface area contributed by atoms with Crippen LogP contribution >= 0.6 is 15.9 Å². The SMILES string of the molecule is O=Cc1cc(Br)c(C2CCCCC2)o1. The second-order valence-electron chi connectivity index (χ2n) is 3.81. The molecule has 14 heavy (non-hydrogen) atoms.